The highest BCUT2D eigenvalue weighted by Crippen LogP contribution is 2.36. The number of anilines is 1. The van der Waals surface area contributed by atoms with Crippen molar-refractivity contribution < 1.29 is 14.8 Å². The molecule has 1 unspecified atom stereocenters. The summed E-state index contributed by atoms with van der Waals surface area (Å²) in [6.07, 6.45) is 0. The minimum atomic E-state index is -0.925. The Kier molecular flexibility index (Phi) is 4.37. The van der Waals surface area contributed by atoms with Crippen molar-refractivity contribution >= 4 is 38.9 Å². The van der Waals surface area contributed by atoms with E-state index in [1.165, 1.54) is 11.3 Å². The summed E-state index contributed by atoms with van der Waals surface area (Å²) in [6.45, 7) is 4.11. The molecule has 0 amide bonds. The van der Waals surface area contributed by atoms with Gasteiger partial charge in [-0.3, -0.25) is 14.9 Å². The molecule has 1 heterocycles. The smallest absolute Gasteiger partial charge is 0.319 e. The molecule has 0 saturated heterocycles. The van der Waals surface area contributed by atoms with Crippen molar-refractivity contribution in [3.05, 3.63) is 27.8 Å². The molecule has 1 atom stereocenters. The van der Waals surface area contributed by atoms with Gasteiger partial charge in [-0.05, 0) is 19.1 Å². The lowest BCUT2D eigenvalue weighted by atomic mass is 10.1. The van der Waals surface area contributed by atoms with Gasteiger partial charge in [0.2, 0.25) is 0 Å². The summed E-state index contributed by atoms with van der Waals surface area (Å²) in [4.78, 5) is 27.7. The van der Waals surface area contributed by atoms with Gasteiger partial charge in [0.05, 0.1) is 21.1 Å². The molecule has 2 aromatic rings. The van der Waals surface area contributed by atoms with Crippen LogP contribution in [0.2, 0.25) is 0 Å². The lowest BCUT2D eigenvalue weighted by Gasteiger charge is -2.24. The quantitative estimate of drug-likeness (QED) is 0.651. The average molecular weight is 309 g/mol. The fraction of sp³-hybridized carbons (Fsp3) is 0.385. The Labute approximate surface area is 125 Å². The van der Waals surface area contributed by atoms with Crippen LogP contribution in [0, 0.1) is 16.0 Å². The van der Waals surface area contributed by atoms with Gasteiger partial charge in [0.1, 0.15) is 5.69 Å². The first-order valence-corrected chi connectivity index (χ1v) is 7.32. The summed E-state index contributed by atoms with van der Waals surface area (Å²) in [7, 11) is 0. The topological polar surface area (TPSA) is 96.6 Å². The monoisotopic (exact) mass is 309 g/mol. The molecule has 0 aliphatic carbocycles. The molecule has 0 saturated carbocycles. The normalized spacial score (nSPS) is 12.3. The number of thiazole rings is 1. The first-order valence-electron chi connectivity index (χ1n) is 6.44. The third-order valence-corrected chi connectivity index (χ3v) is 4.07. The van der Waals surface area contributed by atoms with E-state index in [-0.39, 0.29) is 12.2 Å². The minimum absolute atomic E-state index is 0.0619. The zero-order valence-corrected chi connectivity index (χ0v) is 12.5. The second-order valence-electron chi connectivity index (χ2n) is 4.67. The molecule has 8 heteroatoms. The van der Waals surface area contributed by atoms with Crippen molar-refractivity contribution in [1.29, 1.82) is 0 Å². The van der Waals surface area contributed by atoms with E-state index in [1.807, 2.05) is 6.92 Å². The van der Waals surface area contributed by atoms with E-state index in [9.17, 15) is 14.9 Å². The van der Waals surface area contributed by atoms with Gasteiger partial charge in [-0.2, -0.15) is 0 Å². The van der Waals surface area contributed by atoms with Crippen molar-refractivity contribution in [2.45, 2.75) is 13.8 Å². The Balaban J connectivity index is 2.50. The van der Waals surface area contributed by atoms with E-state index in [4.69, 9.17) is 5.11 Å². The highest BCUT2D eigenvalue weighted by atomic mass is 32.1. The standard InChI is InChI=1S/C13H15N3O4S/c1-3-15(6-8(2)13(17)18)9-4-5-10-11(14-7-21-10)12(9)16(19)20/h4-5,7-8H,3,6H2,1-2H3,(H,17,18). The van der Waals surface area contributed by atoms with Crippen LogP contribution in [0.3, 0.4) is 0 Å². The molecule has 7 nitrogen and oxygen atoms in total. The number of carbonyl (C=O) groups is 1. The molecular formula is C13H15N3O4S. The van der Waals surface area contributed by atoms with Crippen LogP contribution in [0.4, 0.5) is 11.4 Å². The number of nitrogens with zero attached hydrogens (tertiary/aromatic N) is 3. The van der Waals surface area contributed by atoms with E-state index >= 15 is 0 Å². The Morgan fingerprint density at radius 3 is 2.86 bits per heavy atom. The summed E-state index contributed by atoms with van der Waals surface area (Å²) in [5.41, 5.74) is 2.27. The molecule has 0 bridgehead atoms. The van der Waals surface area contributed by atoms with E-state index in [2.05, 4.69) is 4.98 Å². The van der Waals surface area contributed by atoms with Gasteiger partial charge in [0, 0.05) is 13.1 Å². The third-order valence-electron chi connectivity index (χ3n) is 3.28. The van der Waals surface area contributed by atoms with Crippen molar-refractivity contribution in [3.8, 4) is 0 Å². The summed E-state index contributed by atoms with van der Waals surface area (Å²) < 4.78 is 0.743. The van der Waals surface area contributed by atoms with Gasteiger partial charge in [-0.15, -0.1) is 11.3 Å². The van der Waals surface area contributed by atoms with Crippen molar-refractivity contribution in [2.24, 2.45) is 5.92 Å². The Bertz CT molecular complexity index is 685. The molecule has 0 aliphatic heterocycles. The van der Waals surface area contributed by atoms with Crippen molar-refractivity contribution in [3.63, 3.8) is 0 Å². The number of nitro benzene ring substituents is 1. The van der Waals surface area contributed by atoms with Gasteiger partial charge in [-0.25, -0.2) is 4.98 Å². The number of aromatic nitrogens is 1. The Morgan fingerprint density at radius 1 is 1.57 bits per heavy atom. The lowest BCUT2D eigenvalue weighted by molar-refractivity contribution is -0.382. The molecule has 0 fully saturated rings. The number of carboxylic acids is 1. The van der Waals surface area contributed by atoms with E-state index in [1.54, 1.807) is 29.5 Å². The van der Waals surface area contributed by atoms with Crippen LogP contribution in [0.25, 0.3) is 10.2 Å². The van der Waals surface area contributed by atoms with Crippen LogP contribution >= 0.6 is 11.3 Å². The van der Waals surface area contributed by atoms with Crippen molar-refractivity contribution in [1.82, 2.24) is 4.98 Å². The summed E-state index contributed by atoms with van der Waals surface area (Å²) >= 11 is 1.34. The summed E-state index contributed by atoms with van der Waals surface area (Å²) in [6, 6.07) is 3.44. The summed E-state index contributed by atoms with van der Waals surface area (Å²) in [5.74, 6) is -1.54. The predicted molar refractivity (Wildman–Crippen MR) is 81.0 cm³/mol. The Morgan fingerprint density at radius 2 is 2.29 bits per heavy atom. The number of nitro groups is 1. The van der Waals surface area contributed by atoms with E-state index in [0.29, 0.717) is 17.7 Å². The second kappa shape index (κ2) is 6.04. The first kappa shape index (κ1) is 15.2. The van der Waals surface area contributed by atoms with Crippen LogP contribution in [0.15, 0.2) is 17.6 Å². The highest BCUT2D eigenvalue weighted by Gasteiger charge is 2.26. The number of carboxylic acid groups (broad SMARTS) is 1. The predicted octanol–water partition coefficient (Wildman–Crippen LogP) is 2.75. The molecule has 21 heavy (non-hydrogen) atoms. The molecule has 1 aromatic carbocycles. The van der Waals surface area contributed by atoms with E-state index in [0.717, 1.165) is 4.70 Å². The molecule has 0 aliphatic rings. The number of hydrogen-bond acceptors (Lipinski definition) is 6. The maximum atomic E-state index is 11.4. The largest absolute Gasteiger partial charge is 0.481 e. The third kappa shape index (κ3) is 2.94. The van der Waals surface area contributed by atoms with Gasteiger partial charge >= 0.3 is 11.7 Å². The second-order valence-corrected chi connectivity index (χ2v) is 5.55. The highest BCUT2D eigenvalue weighted by molar-refractivity contribution is 7.16. The number of rotatable bonds is 6. The molecule has 0 spiro atoms. The van der Waals surface area contributed by atoms with Crippen LogP contribution in [-0.2, 0) is 4.79 Å². The van der Waals surface area contributed by atoms with Crippen LogP contribution in [-0.4, -0.2) is 34.1 Å². The maximum absolute atomic E-state index is 11.4. The summed E-state index contributed by atoms with van der Waals surface area (Å²) in [5, 5.41) is 20.4. The van der Waals surface area contributed by atoms with Crippen molar-refractivity contribution in [2.75, 3.05) is 18.0 Å². The molecule has 1 aromatic heterocycles. The molecular weight excluding hydrogens is 294 g/mol. The average Bonchev–Trinajstić information content (AvgIpc) is 2.91. The zero-order chi connectivity index (χ0) is 15.6. The van der Waals surface area contributed by atoms with E-state index < -0.39 is 16.8 Å². The number of hydrogen-bond donors (Lipinski definition) is 1. The van der Waals surface area contributed by atoms with Crippen LogP contribution in [0.1, 0.15) is 13.8 Å². The SMILES string of the molecule is CCN(CC(C)C(=O)O)c1ccc2scnc2c1[N+](=O)[O-]. The zero-order valence-electron chi connectivity index (χ0n) is 11.6. The fourth-order valence-electron chi connectivity index (χ4n) is 2.15. The first-order chi connectivity index (χ1) is 9.95. The van der Waals surface area contributed by atoms with Gasteiger partial charge in [0.15, 0.2) is 5.52 Å². The number of aliphatic carboxylic acids is 1. The van der Waals surface area contributed by atoms with Crippen LogP contribution < -0.4 is 4.90 Å². The molecule has 0 radical (unpaired) electrons. The molecule has 1 N–H and O–H groups in total. The van der Waals surface area contributed by atoms with Gasteiger partial charge < -0.3 is 10.0 Å². The fourth-order valence-corrected chi connectivity index (χ4v) is 2.83. The molecule has 2 rings (SSSR count). The van der Waals surface area contributed by atoms with Crippen LogP contribution in [0.5, 0.6) is 0 Å². The number of fused-ring (bicyclic) bond motifs is 1. The minimum Gasteiger partial charge on any atom is -0.481 e. The Hall–Kier alpha value is -2.22. The lowest BCUT2D eigenvalue weighted by Crippen LogP contribution is -2.32. The van der Waals surface area contributed by atoms with Gasteiger partial charge in [-0.1, -0.05) is 6.92 Å². The number of benzene rings is 1. The molecule has 112 valence electrons. The maximum Gasteiger partial charge on any atom is 0.319 e. The van der Waals surface area contributed by atoms with Gasteiger partial charge in [0.25, 0.3) is 0 Å².